The molecule has 0 aliphatic carbocycles. The van der Waals surface area contributed by atoms with Crippen LogP contribution >= 0.6 is 0 Å². The van der Waals surface area contributed by atoms with Crippen molar-refractivity contribution in [2.45, 2.75) is 62.9 Å². The molecular formula is C31H43NO9S. The lowest BCUT2D eigenvalue weighted by Crippen LogP contribution is -2.43. The standard InChI is InChI=1S/C31H43NO9S/c1-21(2)19-32(42(35,36)26-11-9-25(38-4)10-12-26)20-28(33)23(17-22-5-7-24(37-3)8-6-22)18-30(34)41-29-14-16-40-31-27(29)13-15-39-31/h5-12,21,23,27-29,31,33H,13-20H2,1-4H3/t23-,27+,28-,29+,31-/m1/s1. The smallest absolute Gasteiger partial charge is 0.306 e. The van der Waals surface area contributed by atoms with Crippen LogP contribution in [0.3, 0.4) is 0 Å². The predicted octanol–water partition coefficient (Wildman–Crippen LogP) is 3.66. The minimum Gasteiger partial charge on any atom is -0.497 e. The number of sulfonamides is 1. The van der Waals surface area contributed by atoms with E-state index in [2.05, 4.69) is 0 Å². The summed E-state index contributed by atoms with van der Waals surface area (Å²) < 4.78 is 56.3. The number of carbonyl (C=O) groups is 1. The molecular weight excluding hydrogens is 562 g/mol. The Balaban J connectivity index is 1.53. The number of hydrogen-bond donors (Lipinski definition) is 1. The van der Waals surface area contributed by atoms with E-state index in [1.54, 1.807) is 19.2 Å². The number of nitrogens with zero attached hydrogens (tertiary/aromatic N) is 1. The lowest BCUT2D eigenvalue weighted by Gasteiger charge is -2.33. The van der Waals surface area contributed by atoms with Crippen molar-refractivity contribution >= 4 is 16.0 Å². The first-order valence-corrected chi connectivity index (χ1v) is 15.9. The summed E-state index contributed by atoms with van der Waals surface area (Å²) >= 11 is 0. The van der Waals surface area contributed by atoms with E-state index >= 15 is 0 Å². The van der Waals surface area contributed by atoms with Gasteiger partial charge in [0.15, 0.2) is 6.29 Å². The van der Waals surface area contributed by atoms with Gasteiger partial charge < -0.3 is 28.8 Å². The van der Waals surface area contributed by atoms with Crippen molar-refractivity contribution in [2.24, 2.45) is 17.8 Å². The van der Waals surface area contributed by atoms with Crippen molar-refractivity contribution in [3.8, 4) is 11.5 Å². The Morgan fingerprint density at radius 2 is 1.55 bits per heavy atom. The van der Waals surface area contributed by atoms with Crippen LogP contribution in [0.4, 0.5) is 0 Å². The molecule has 2 aliphatic rings. The van der Waals surface area contributed by atoms with Gasteiger partial charge in [-0.15, -0.1) is 0 Å². The van der Waals surface area contributed by atoms with E-state index in [4.69, 9.17) is 23.7 Å². The quantitative estimate of drug-likeness (QED) is 0.322. The van der Waals surface area contributed by atoms with Crippen molar-refractivity contribution in [1.82, 2.24) is 4.31 Å². The Labute approximate surface area is 248 Å². The van der Waals surface area contributed by atoms with Gasteiger partial charge in [-0.1, -0.05) is 26.0 Å². The van der Waals surface area contributed by atoms with E-state index in [1.165, 1.54) is 23.5 Å². The Hall–Kier alpha value is -2.70. The molecule has 0 radical (unpaired) electrons. The molecule has 0 spiro atoms. The van der Waals surface area contributed by atoms with Crippen molar-refractivity contribution < 1.29 is 42.0 Å². The summed E-state index contributed by atoms with van der Waals surface area (Å²) in [6, 6.07) is 13.6. The molecule has 10 nitrogen and oxygen atoms in total. The molecule has 0 saturated carbocycles. The molecule has 0 unspecified atom stereocenters. The minimum absolute atomic E-state index is 0.00493. The summed E-state index contributed by atoms with van der Waals surface area (Å²) in [7, 11) is -0.837. The van der Waals surface area contributed by atoms with Crippen LogP contribution in [0, 0.1) is 17.8 Å². The van der Waals surface area contributed by atoms with Crippen LogP contribution in [0.5, 0.6) is 11.5 Å². The average molecular weight is 606 g/mol. The summed E-state index contributed by atoms with van der Waals surface area (Å²) in [6.07, 6.45) is -0.181. The van der Waals surface area contributed by atoms with Crippen molar-refractivity contribution in [1.29, 1.82) is 0 Å². The van der Waals surface area contributed by atoms with Gasteiger partial charge in [0.1, 0.15) is 17.6 Å². The normalized spacial score (nSPS) is 22.0. The van der Waals surface area contributed by atoms with Crippen molar-refractivity contribution in [2.75, 3.05) is 40.5 Å². The molecule has 11 heteroatoms. The highest BCUT2D eigenvalue weighted by molar-refractivity contribution is 7.89. The molecule has 232 valence electrons. The number of hydrogen-bond acceptors (Lipinski definition) is 9. The Bertz CT molecular complexity index is 1250. The Morgan fingerprint density at radius 1 is 0.952 bits per heavy atom. The van der Waals surface area contributed by atoms with E-state index in [0.29, 0.717) is 37.6 Å². The lowest BCUT2D eigenvalue weighted by molar-refractivity contribution is -0.195. The van der Waals surface area contributed by atoms with Crippen LogP contribution in [-0.2, 0) is 35.4 Å². The van der Waals surface area contributed by atoms with E-state index in [9.17, 15) is 18.3 Å². The minimum atomic E-state index is -3.94. The molecule has 2 aliphatic heterocycles. The number of esters is 1. The maximum Gasteiger partial charge on any atom is 0.306 e. The van der Waals surface area contributed by atoms with Crippen LogP contribution in [0.2, 0.25) is 0 Å². The molecule has 2 aromatic carbocycles. The first kappa shape index (κ1) is 32.2. The number of rotatable bonds is 14. The van der Waals surface area contributed by atoms with Crippen LogP contribution in [0.15, 0.2) is 53.4 Å². The number of benzene rings is 2. The monoisotopic (exact) mass is 605 g/mol. The highest BCUT2D eigenvalue weighted by Gasteiger charge is 2.41. The maximum absolute atomic E-state index is 13.7. The molecule has 2 aromatic rings. The van der Waals surface area contributed by atoms with E-state index in [0.717, 1.165) is 12.0 Å². The van der Waals surface area contributed by atoms with Gasteiger partial charge in [-0.05, 0) is 60.7 Å². The largest absolute Gasteiger partial charge is 0.497 e. The van der Waals surface area contributed by atoms with Gasteiger partial charge in [0, 0.05) is 31.3 Å². The molecule has 0 aromatic heterocycles. The molecule has 0 amide bonds. The molecule has 2 saturated heterocycles. The second-order valence-electron chi connectivity index (χ2n) is 11.4. The van der Waals surface area contributed by atoms with Gasteiger partial charge >= 0.3 is 5.97 Å². The molecule has 1 N–H and O–H groups in total. The fourth-order valence-corrected chi connectivity index (χ4v) is 7.17. The number of aliphatic hydroxyl groups excluding tert-OH is 1. The molecule has 5 atom stereocenters. The zero-order valence-electron chi connectivity index (χ0n) is 24.8. The summed E-state index contributed by atoms with van der Waals surface area (Å²) in [5, 5.41) is 11.6. The van der Waals surface area contributed by atoms with Crippen LogP contribution in [0.25, 0.3) is 0 Å². The molecule has 42 heavy (non-hydrogen) atoms. The SMILES string of the molecule is COc1ccc(C[C@H](CC(=O)O[C@H]2CCO[C@H]3OCC[C@H]32)[C@H](O)CN(CC(C)C)S(=O)(=O)c2ccc(OC)cc2)cc1. The average Bonchev–Trinajstić information content (AvgIpc) is 3.47. The zero-order valence-corrected chi connectivity index (χ0v) is 25.6. The highest BCUT2D eigenvalue weighted by Crippen LogP contribution is 2.33. The molecule has 4 rings (SSSR count). The number of methoxy groups -OCH3 is 2. The van der Waals surface area contributed by atoms with E-state index in [-0.39, 0.29) is 48.6 Å². The lowest BCUT2D eigenvalue weighted by atomic mass is 9.90. The van der Waals surface area contributed by atoms with Gasteiger partial charge in [-0.2, -0.15) is 4.31 Å². The van der Waals surface area contributed by atoms with E-state index < -0.39 is 28.0 Å². The number of fused-ring (bicyclic) bond motifs is 1. The third-order valence-corrected chi connectivity index (χ3v) is 9.66. The van der Waals surface area contributed by atoms with Gasteiger partial charge in [-0.25, -0.2) is 8.42 Å². The third-order valence-electron chi connectivity index (χ3n) is 7.81. The zero-order chi connectivity index (χ0) is 30.3. The van der Waals surface area contributed by atoms with Gasteiger partial charge in [0.2, 0.25) is 10.0 Å². The first-order chi connectivity index (χ1) is 20.1. The number of carbonyl (C=O) groups excluding carboxylic acids is 1. The van der Waals surface area contributed by atoms with Gasteiger partial charge in [0.05, 0.1) is 44.9 Å². The molecule has 0 bridgehead atoms. The third kappa shape index (κ3) is 8.23. The fraction of sp³-hybridized carbons (Fsp3) is 0.581. The molecule has 2 fully saturated rings. The summed E-state index contributed by atoms with van der Waals surface area (Å²) in [6.45, 7) is 4.89. The van der Waals surface area contributed by atoms with Crippen molar-refractivity contribution in [3.05, 3.63) is 54.1 Å². The summed E-state index contributed by atoms with van der Waals surface area (Å²) in [5.74, 6) is 0.203. The van der Waals surface area contributed by atoms with Crippen LogP contribution < -0.4 is 9.47 Å². The van der Waals surface area contributed by atoms with Crippen LogP contribution in [-0.4, -0.2) is 82.8 Å². The summed E-state index contributed by atoms with van der Waals surface area (Å²) in [4.78, 5) is 13.4. The van der Waals surface area contributed by atoms with Crippen LogP contribution in [0.1, 0.15) is 38.7 Å². The van der Waals surface area contributed by atoms with Crippen molar-refractivity contribution in [3.63, 3.8) is 0 Å². The van der Waals surface area contributed by atoms with Gasteiger partial charge in [0.25, 0.3) is 0 Å². The number of aliphatic hydroxyl groups is 1. The second-order valence-corrected chi connectivity index (χ2v) is 13.3. The Kier molecular flexibility index (Phi) is 11.2. The topological polar surface area (TPSA) is 121 Å². The fourth-order valence-electron chi connectivity index (χ4n) is 5.55. The second kappa shape index (κ2) is 14.7. The Morgan fingerprint density at radius 3 is 2.14 bits per heavy atom. The number of ether oxygens (including phenoxy) is 5. The van der Waals surface area contributed by atoms with Gasteiger partial charge in [-0.3, -0.25) is 4.79 Å². The summed E-state index contributed by atoms with van der Waals surface area (Å²) in [5.41, 5.74) is 0.886. The van der Waals surface area contributed by atoms with E-state index in [1.807, 2.05) is 38.1 Å². The molecule has 2 heterocycles. The highest BCUT2D eigenvalue weighted by atomic mass is 32.2. The maximum atomic E-state index is 13.7. The first-order valence-electron chi connectivity index (χ1n) is 14.5. The predicted molar refractivity (Wildman–Crippen MR) is 156 cm³/mol.